The third kappa shape index (κ3) is 17.5. The van der Waals surface area contributed by atoms with Gasteiger partial charge in [-0.05, 0) is 42.9 Å². The van der Waals surface area contributed by atoms with Crippen LogP contribution in [0.4, 0.5) is 0 Å². The molecule has 1 unspecified atom stereocenters. The Balaban J connectivity index is 1.71. The Morgan fingerprint density at radius 1 is 0.887 bits per heavy atom. The van der Waals surface area contributed by atoms with E-state index in [0.717, 1.165) is 11.3 Å². The van der Waals surface area contributed by atoms with E-state index in [4.69, 9.17) is 16.4 Å². The number of aromatic amines is 1. The first-order valence-corrected chi connectivity index (χ1v) is 29.0. The molecule has 1 saturated heterocycles. The molecule has 16 N–H and O–H groups in total. The minimum Gasteiger partial charge on any atom is -0.496 e. The van der Waals surface area contributed by atoms with Gasteiger partial charge in [0.15, 0.2) is 0 Å². The molecular weight excluding hydrogens is 1090 g/mol. The Morgan fingerprint density at radius 2 is 1.60 bits per heavy atom. The lowest BCUT2D eigenvalue weighted by Gasteiger charge is -2.33. The number of nitrogens with one attached hydrogen (secondary N) is 9. The monoisotopic (exact) mass is 1160 g/mol. The van der Waals surface area contributed by atoms with Crippen LogP contribution in [0.25, 0.3) is 10.9 Å². The van der Waals surface area contributed by atoms with Gasteiger partial charge in [0.1, 0.15) is 47.0 Å². The fourth-order valence-electron chi connectivity index (χ4n) is 9.47. The Labute approximate surface area is 468 Å². The van der Waals surface area contributed by atoms with Gasteiger partial charge in [-0.25, -0.2) is 5.90 Å². The van der Waals surface area contributed by atoms with E-state index in [1.165, 1.54) is 25.8 Å². The van der Waals surface area contributed by atoms with Crippen LogP contribution in [0.5, 0.6) is 5.75 Å². The van der Waals surface area contributed by atoms with Gasteiger partial charge in [0.2, 0.25) is 59.1 Å². The second kappa shape index (κ2) is 31.0. The smallest absolute Gasteiger partial charge is 0.245 e. The molecule has 0 aliphatic carbocycles. The maximum absolute atomic E-state index is 15.3. The van der Waals surface area contributed by atoms with Crippen molar-refractivity contribution in [3.63, 3.8) is 0 Å². The first-order valence-electron chi connectivity index (χ1n) is 26.5. The van der Waals surface area contributed by atoms with E-state index in [9.17, 15) is 63.3 Å². The molecule has 10 amide bonds. The third-order valence-electron chi connectivity index (χ3n) is 14.3. The van der Waals surface area contributed by atoms with E-state index >= 15 is 4.21 Å². The standard InChI is InChI=1S/C50H76N12O16S2/c1-5-25(2)41-47(73)55-19-39(68)56-33-24-80(76)49-29(28-10-12-36(77-4)30(43(28)61-49)23-79-16-14-53-38(67)9-7-6-8-15-78-52)18-32(44(70)54-20-40(69)59-41)58-48(74)42(26(3)35(65)22-63)60-46(72)34-17-27(64)21-62(34)50(75)31(57-45(33)71)11-13-37(51)66/h10,12,25-27,31-35,41-42,61,63-65H,5-9,11,13-24,52H2,1-4H3,(H2,51,66)(H,53,67)(H,54,70)(H,55,73)(H,56,68)(H,57,71)(H,58,74)(H,59,69)(H,60,72)/t25-,26-,27+,31-,32-,33-,34-,35-,41-,42-,80?/m0/s1. The summed E-state index contributed by atoms with van der Waals surface area (Å²) < 4.78 is 21.0. The van der Waals surface area contributed by atoms with Crippen LogP contribution in [-0.2, 0) is 75.8 Å². The van der Waals surface area contributed by atoms with Crippen molar-refractivity contribution in [2.45, 2.75) is 138 Å². The zero-order valence-corrected chi connectivity index (χ0v) is 46.9. The topological polar surface area (TPSA) is 434 Å². The second-order valence-corrected chi connectivity index (χ2v) is 22.5. The fraction of sp³-hybridized carbons (Fsp3) is 0.640. The maximum atomic E-state index is 15.3. The van der Waals surface area contributed by atoms with E-state index in [1.807, 2.05) is 0 Å². The molecule has 4 heterocycles. The summed E-state index contributed by atoms with van der Waals surface area (Å²) in [5.74, 6) is -5.48. The minimum atomic E-state index is -2.42. The summed E-state index contributed by atoms with van der Waals surface area (Å²) in [6.07, 6.45) is -2.13. The summed E-state index contributed by atoms with van der Waals surface area (Å²) in [6, 6.07) is -6.63. The number of methoxy groups -OCH3 is 1. The molecule has 1 fully saturated rings. The molecule has 0 saturated carbocycles. The lowest BCUT2D eigenvalue weighted by Crippen LogP contribution is -2.62. The zero-order valence-electron chi connectivity index (χ0n) is 45.2. The highest BCUT2D eigenvalue weighted by atomic mass is 32.2. The van der Waals surface area contributed by atoms with Crippen molar-refractivity contribution in [3.05, 3.63) is 23.3 Å². The number of carbonyl (C=O) groups is 10. The van der Waals surface area contributed by atoms with E-state index < -0.39 is 182 Å². The average molecular weight is 1170 g/mol. The summed E-state index contributed by atoms with van der Waals surface area (Å²) in [5, 5.41) is 52.7. The van der Waals surface area contributed by atoms with Crippen molar-refractivity contribution in [3.8, 4) is 5.75 Å². The molecule has 0 radical (unpaired) electrons. The van der Waals surface area contributed by atoms with Crippen LogP contribution in [0.3, 0.4) is 0 Å². The quantitative estimate of drug-likeness (QED) is 0.0439. The molecule has 80 heavy (non-hydrogen) atoms. The Morgan fingerprint density at radius 3 is 2.27 bits per heavy atom. The summed E-state index contributed by atoms with van der Waals surface area (Å²) in [7, 11) is -0.995. The zero-order chi connectivity index (χ0) is 58.8. The number of rotatable bonds is 20. The van der Waals surface area contributed by atoms with E-state index in [2.05, 4.69) is 52.4 Å². The van der Waals surface area contributed by atoms with Gasteiger partial charge >= 0.3 is 0 Å². The van der Waals surface area contributed by atoms with Gasteiger partial charge < -0.3 is 83.0 Å². The summed E-state index contributed by atoms with van der Waals surface area (Å²) in [6.45, 7) is 2.48. The van der Waals surface area contributed by atoms with E-state index in [-0.39, 0.29) is 22.2 Å². The summed E-state index contributed by atoms with van der Waals surface area (Å²) in [5.41, 5.74) is 6.46. The average Bonchev–Trinajstić information content (AvgIpc) is 4.04. The fourth-order valence-corrected chi connectivity index (χ4v) is 11.7. The van der Waals surface area contributed by atoms with Gasteiger partial charge in [-0.2, -0.15) is 11.8 Å². The third-order valence-corrected chi connectivity index (χ3v) is 16.7. The molecule has 2 bridgehead atoms. The van der Waals surface area contributed by atoms with Crippen molar-refractivity contribution in [2.24, 2.45) is 23.5 Å². The number of thioether (sulfide) groups is 1. The van der Waals surface area contributed by atoms with Gasteiger partial charge in [-0.15, -0.1) is 0 Å². The SMILES string of the molecule is CC[C@H](C)[C@@H]1NC(=O)CNC(=O)[C@@H]2Cc3c([nH]c4c(CSCCNC(=O)CCCCCON)c(OC)ccc34)S(=O)C[C@H](NC(=O)CNC1=O)C(=O)N[C@@H](CCC(N)=O)C(=O)N1C[C@H](O)C[C@H]1C(=O)N[C@@H]([C@@H](C)[C@@H](O)CO)C(=O)N2. The number of nitrogens with zero attached hydrogens (tertiary/aromatic N) is 1. The number of fused-ring (bicyclic) bond motifs is 5. The van der Waals surface area contributed by atoms with Crippen LogP contribution in [-0.4, -0.2) is 195 Å². The molecule has 30 heteroatoms. The van der Waals surface area contributed by atoms with Crippen LogP contribution < -0.4 is 58.9 Å². The highest BCUT2D eigenvalue weighted by Crippen LogP contribution is 2.36. The molecule has 0 spiro atoms. The molecule has 1 aromatic carbocycles. The first kappa shape index (κ1) is 64.4. The number of hydrogen-bond donors (Lipinski definition) is 14. The van der Waals surface area contributed by atoms with Gasteiger partial charge in [-0.1, -0.05) is 33.6 Å². The number of unbranched alkanes of at least 4 members (excludes halogenated alkanes) is 2. The lowest BCUT2D eigenvalue weighted by atomic mass is 9.93. The molecular formula is C50H76N12O16S2. The van der Waals surface area contributed by atoms with Gasteiger partial charge in [-0.3, -0.25) is 52.2 Å². The van der Waals surface area contributed by atoms with Crippen LogP contribution >= 0.6 is 11.8 Å². The van der Waals surface area contributed by atoms with Gasteiger partial charge in [0, 0.05) is 67.1 Å². The number of aliphatic hydroxyl groups excluding tert-OH is 3. The van der Waals surface area contributed by atoms with Crippen LogP contribution in [0, 0.1) is 11.8 Å². The predicted octanol–water partition coefficient (Wildman–Crippen LogP) is -4.43. The van der Waals surface area contributed by atoms with Gasteiger partial charge in [0.25, 0.3) is 0 Å². The molecule has 3 aliphatic heterocycles. The van der Waals surface area contributed by atoms with E-state index in [1.54, 1.807) is 26.0 Å². The lowest BCUT2D eigenvalue weighted by molar-refractivity contribution is -0.143. The number of aliphatic hydroxyl groups is 3. The Hall–Kier alpha value is -6.44. The number of carbonyl (C=O) groups excluding carboxylic acids is 10. The van der Waals surface area contributed by atoms with Crippen LogP contribution in [0.15, 0.2) is 17.2 Å². The molecule has 2 aromatic rings. The maximum Gasteiger partial charge on any atom is 0.245 e. The number of nitrogens with two attached hydrogens (primary N) is 2. The van der Waals surface area contributed by atoms with Crippen molar-refractivity contribution >= 4 is 92.5 Å². The molecule has 3 aliphatic rings. The summed E-state index contributed by atoms with van der Waals surface area (Å²) in [4.78, 5) is 148. The van der Waals surface area contributed by atoms with Crippen molar-refractivity contribution < 1.29 is 77.0 Å². The van der Waals surface area contributed by atoms with Crippen molar-refractivity contribution in [1.29, 1.82) is 0 Å². The molecule has 5 rings (SSSR count). The number of ether oxygens (including phenoxy) is 1. The largest absolute Gasteiger partial charge is 0.496 e. The molecule has 1 aromatic heterocycles. The highest BCUT2D eigenvalue weighted by molar-refractivity contribution is 7.98. The van der Waals surface area contributed by atoms with Crippen LogP contribution in [0.1, 0.15) is 83.3 Å². The highest BCUT2D eigenvalue weighted by Gasteiger charge is 2.45. The predicted molar refractivity (Wildman–Crippen MR) is 290 cm³/mol. The Bertz CT molecular complexity index is 2610. The number of amides is 10. The number of aromatic nitrogens is 1. The minimum absolute atomic E-state index is 0.119. The second-order valence-electron chi connectivity index (χ2n) is 20.0. The van der Waals surface area contributed by atoms with E-state index in [0.29, 0.717) is 66.8 Å². The number of benzene rings is 1. The van der Waals surface area contributed by atoms with Crippen molar-refractivity contribution in [2.75, 3.05) is 58.0 Å². The Kier molecular flexibility index (Phi) is 24.9. The number of hydrogen-bond acceptors (Lipinski definition) is 18. The first-order chi connectivity index (χ1) is 38.1. The molecule has 28 nitrogen and oxygen atoms in total. The normalized spacial score (nSPS) is 25.1. The number of primary amides is 1. The van der Waals surface area contributed by atoms with Crippen LogP contribution in [0.2, 0.25) is 0 Å². The summed E-state index contributed by atoms with van der Waals surface area (Å²) >= 11 is 1.41. The van der Waals surface area contributed by atoms with Crippen molar-refractivity contribution in [1.82, 2.24) is 52.4 Å². The molecule has 11 atom stereocenters. The number of H-pyrrole nitrogens is 1. The molecule has 444 valence electrons. The van der Waals surface area contributed by atoms with Gasteiger partial charge in [0.05, 0.1) is 67.7 Å².